The zero-order valence-electron chi connectivity index (χ0n) is 12.3. The van der Waals surface area contributed by atoms with Gasteiger partial charge >= 0.3 is 6.36 Å². The van der Waals surface area contributed by atoms with Gasteiger partial charge in [-0.25, -0.2) is 13.1 Å². The average Bonchev–Trinajstić information content (AvgIpc) is 2.40. The Morgan fingerprint density at radius 1 is 1.30 bits per heavy atom. The molecule has 1 heterocycles. The van der Waals surface area contributed by atoms with Gasteiger partial charge in [0.1, 0.15) is 10.6 Å². The Hall–Kier alpha value is -1.03. The van der Waals surface area contributed by atoms with Crippen molar-refractivity contribution in [1.29, 1.82) is 0 Å². The van der Waals surface area contributed by atoms with Gasteiger partial charge in [-0.15, -0.1) is 25.6 Å². The van der Waals surface area contributed by atoms with Gasteiger partial charge < -0.3 is 10.1 Å². The summed E-state index contributed by atoms with van der Waals surface area (Å²) in [5.74, 6) is -0.737. The lowest BCUT2D eigenvalue weighted by molar-refractivity contribution is -0.275. The molecule has 0 bridgehead atoms. The smallest absolute Gasteiger partial charge is 0.404 e. The summed E-state index contributed by atoms with van der Waals surface area (Å²) in [7, 11) is -4.11. The maximum absolute atomic E-state index is 12.4. The van der Waals surface area contributed by atoms with Gasteiger partial charge in [-0.05, 0) is 38.4 Å². The van der Waals surface area contributed by atoms with E-state index in [-0.39, 0.29) is 24.5 Å². The second kappa shape index (κ2) is 7.69. The van der Waals surface area contributed by atoms with Crippen LogP contribution in [0.4, 0.5) is 13.2 Å². The molecule has 1 aromatic carbocycles. The molecule has 0 aromatic heterocycles. The van der Waals surface area contributed by atoms with E-state index in [2.05, 4.69) is 14.8 Å². The highest BCUT2D eigenvalue weighted by atomic mass is 35.5. The predicted octanol–water partition coefficient (Wildman–Crippen LogP) is 2.43. The normalized spacial score (nSPS) is 22.3. The molecular formula is C13H18ClF3N2O3S. The van der Waals surface area contributed by atoms with Crippen molar-refractivity contribution in [2.24, 2.45) is 0 Å². The summed E-state index contributed by atoms with van der Waals surface area (Å²) in [6.07, 6.45) is -3.54. The minimum atomic E-state index is -4.95. The van der Waals surface area contributed by atoms with Crippen molar-refractivity contribution in [3.05, 3.63) is 24.3 Å². The molecule has 1 saturated heterocycles. The van der Waals surface area contributed by atoms with Gasteiger partial charge in [0, 0.05) is 12.1 Å². The largest absolute Gasteiger partial charge is 0.573 e. The molecule has 2 rings (SSSR count). The molecule has 0 amide bonds. The van der Waals surface area contributed by atoms with E-state index in [0.717, 1.165) is 25.1 Å². The standard InChI is InChI=1S/C13H17F3N2O3S.ClH/c1-9-10(5-4-8-17-9)18-22(19,20)12-7-3-2-6-11(12)21-13(14,15)16;/h2-3,6-7,9-10,17-18H,4-5,8H2,1H3;1H. The summed E-state index contributed by atoms with van der Waals surface area (Å²) in [6.45, 7) is 2.61. The van der Waals surface area contributed by atoms with Crippen LogP contribution in [-0.2, 0) is 10.0 Å². The van der Waals surface area contributed by atoms with Crippen molar-refractivity contribution in [3.63, 3.8) is 0 Å². The average molecular weight is 375 g/mol. The molecule has 1 fully saturated rings. The summed E-state index contributed by atoms with van der Waals surface area (Å²) in [5, 5.41) is 3.12. The molecule has 132 valence electrons. The number of hydrogen-bond acceptors (Lipinski definition) is 4. The SMILES string of the molecule is CC1NCCCC1NS(=O)(=O)c1ccccc1OC(F)(F)F.Cl. The molecule has 0 saturated carbocycles. The highest BCUT2D eigenvalue weighted by Gasteiger charge is 2.35. The van der Waals surface area contributed by atoms with Gasteiger partial charge in [0.15, 0.2) is 0 Å². The fraction of sp³-hybridized carbons (Fsp3) is 0.538. The topological polar surface area (TPSA) is 67.4 Å². The maximum atomic E-state index is 12.4. The summed E-state index contributed by atoms with van der Waals surface area (Å²) >= 11 is 0. The number of ether oxygens (including phenoxy) is 1. The maximum Gasteiger partial charge on any atom is 0.573 e. The molecule has 2 unspecified atom stereocenters. The summed E-state index contributed by atoms with van der Waals surface area (Å²) in [5.41, 5.74) is 0. The van der Waals surface area contributed by atoms with E-state index >= 15 is 0 Å². The first kappa shape index (κ1) is 20.0. The van der Waals surface area contributed by atoms with Crippen molar-refractivity contribution < 1.29 is 26.3 Å². The summed E-state index contributed by atoms with van der Waals surface area (Å²) in [6, 6.07) is 4.22. The van der Waals surface area contributed by atoms with E-state index in [9.17, 15) is 21.6 Å². The number of piperidine rings is 1. The van der Waals surface area contributed by atoms with Gasteiger partial charge in [0.05, 0.1) is 0 Å². The van der Waals surface area contributed by atoms with Crippen molar-refractivity contribution in [1.82, 2.24) is 10.0 Å². The van der Waals surface area contributed by atoms with E-state index < -0.39 is 27.0 Å². The zero-order chi connectivity index (χ0) is 16.4. The Labute approximate surface area is 139 Å². The molecule has 10 heteroatoms. The molecule has 1 aromatic rings. The Kier molecular flexibility index (Phi) is 6.70. The van der Waals surface area contributed by atoms with Crippen molar-refractivity contribution in [2.45, 2.75) is 43.1 Å². The quantitative estimate of drug-likeness (QED) is 0.849. The zero-order valence-corrected chi connectivity index (χ0v) is 13.9. The van der Waals surface area contributed by atoms with E-state index in [4.69, 9.17) is 0 Å². The third-order valence-corrected chi connectivity index (χ3v) is 4.96. The molecule has 0 spiro atoms. The molecule has 2 N–H and O–H groups in total. The monoisotopic (exact) mass is 374 g/mol. The van der Waals surface area contributed by atoms with Crippen LogP contribution in [0.5, 0.6) is 5.75 Å². The molecule has 5 nitrogen and oxygen atoms in total. The Bertz CT molecular complexity index is 625. The third-order valence-electron chi connectivity index (χ3n) is 3.43. The van der Waals surface area contributed by atoms with Crippen LogP contribution < -0.4 is 14.8 Å². The highest BCUT2D eigenvalue weighted by molar-refractivity contribution is 7.89. The molecule has 23 heavy (non-hydrogen) atoms. The molecule has 1 aliphatic heterocycles. The molecule has 0 radical (unpaired) electrons. The van der Waals surface area contributed by atoms with Crippen LogP contribution in [-0.4, -0.2) is 33.4 Å². The lowest BCUT2D eigenvalue weighted by Gasteiger charge is -2.30. The van der Waals surface area contributed by atoms with Crippen LogP contribution in [0.3, 0.4) is 0 Å². The number of para-hydroxylation sites is 1. The first-order valence-corrected chi connectivity index (χ1v) is 8.28. The Morgan fingerprint density at radius 2 is 1.96 bits per heavy atom. The summed E-state index contributed by atoms with van der Waals surface area (Å²) < 4.78 is 68.1. The van der Waals surface area contributed by atoms with Crippen molar-refractivity contribution in [2.75, 3.05) is 6.54 Å². The number of halogens is 4. The van der Waals surface area contributed by atoms with Gasteiger partial charge in [-0.3, -0.25) is 0 Å². The minimum Gasteiger partial charge on any atom is -0.404 e. The second-order valence-corrected chi connectivity index (χ2v) is 6.79. The van der Waals surface area contributed by atoms with Crippen molar-refractivity contribution >= 4 is 22.4 Å². The molecule has 1 aliphatic rings. The molecule has 2 atom stereocenters. The number of sulfonamides is 1. The van der Waals surface area contributed by atoms with Crippen molar-refractivity contribution in [3.8, 4) is 5.75 Å². The van der Waals surface area contributed by atoms with Gasteiger partial charge in [0.25, 0.3) is 0 Å². The van der Waals surface area contributed by atoms with E-state index in [1.165, 1.54) is 12.1 Å². The lowest BCUT2D eigenvalue weighted by atomic mass is 10.0. The first-order chi connectivity index (χ1) is 10.2. The number of benzene rings is 1. The Balaban J connectivity index is 0.00000264. The third kappa shape index (κ3) is 5.52. The number of rotatable bonds is 4. The number of alkyl halides is 3. The van der Waals surface area contributed by atoms with Crippen LogP contribution in [0.25, 0.3) is 0 Å². The van der Waals surface area contributed by atoms with Gasteiger partial charge in [0.2, 0.25) is 10.0 Å². The van der Waals surface area contributed by atoms with Crippen LogP contribution in [0.15, 0.2) is 29.2 Å². The van der Waals surface area contributed by atoms with Crippen LogP contribution in [0, 0.1) is 0 Å². The molecule has 0 aliphatic carbocycles. The van der Waals surface area contributed by atoms with E-state index in [0.29, 0.717) is 6.42 Å². The van der Waals surface area contributed by atoms with Crippen LogP contribution in [0.2, 0.25) is 0 Å². The fourth-order valence-electron chi connectivity index (χ4n) is 2.35. The highest BCUT2D eigenvalue weighted by Crippen LogP contribution is 2.29. The van der Waals surface area contributed by atoms with E-state index in [1.54, 1.807) is 0 Å². The van der Waals surface area contributed by atoms with Gasteiger partial charge in [-0.1, -0.05) is 12.1 Å². The fourth-order valence-corrected chi connectivity index (χ4v) is 3.83. The minimum absolute atomic E-state index is 0. The second-order valence-electron chi connectivity index (χ2n) is 5.11. The summed E-state index contributed by atoms with van der Waals surface area (Å²) in [4.78, 5) is -0.523. The molecular weight excluding hydrogens is 357 g/mol. The predicted molar refractivity (Wildman–Crippen MR) is 81.2 cm³/mol. The van der Waals surface area contributed by atoms with Crippen LogP contribution >= 0.6 is 12.4 Å². The van der Waals surface area contributed by atoms with Gasteiger partial charge in [-0.2, -0.15) is 0 Å². The van der Waals surface area contributed by atoms with E-state index in [1.807, 2.05) is 6.92 Å². The first-order valence-electron chi connectivity index (χ1n) is 6.79. The van der Waals surface area contributed by atoms with Crippen LogP contribution in [0.1, 0.15) is 19.8 Å². The Morgan fingerprint density at radius 3 is 2.57 bits per heavy atom. The number of hydrogen-bond donors (Lipinski definition) is 2. The lowest BCUT2D eigenvalue weighted by Crippen LogP contribution is -2.51. The number of nitrogens with one attached hydrogen (secondary N) is 2.